The van der Waals surface area contributed by atoms with E-state index in [9.17, 15) is 4.79 Å². The SMILES string of the molecule is O=C(Nc1cccc(Cl)c1)N1CCCC(OCc2ccccc2Cl)C1. The first-order valence-corrected chi connectivity index (χ1v) is 9.04. The van der Waals surface area contributed by atoms with Crippen molar-refractivity contribution in [1.82, 2.24) is 4.90 Å². The standard InChI is InChI=1S/C19H20Cl2N2O2/c20-15-6-3-7-16(11-15)22-19(24)23-10-4-8-17(12-23)25-13-14-5-1-2-9-18(14)21/h1-3,5-7,9,11,17H,4,8,10,12-13H2,(H,22,24). The number of benzene rings is 2. The van der Waals surface area contributed by atoms with Crippen LogP contribution in [0, 0.1) is 0 Å². The highest BCUT2D eigenvalue weighted by Crippen LogP contribution is 2.21. The summed E-state index contributed by atoms with van der Waals surface area (Å²) in [5, 5.41) is 4.18. The Morgan fingerprint density at radius 2 is 2.04 bits per heavy atom. The third-order valence-electron chi connectivity index (χ3n) is 4.17. The van der Waals surface area contributed by atoms with Crippen LogP contribution in [0.2, 0.25) is 10.0 Å². The minimum atomic E-state index is -0.131. The molecule has 1 aliphatic rings. The van der Waals surface area contributed by atoms with E-state index in [2.05, 4.69) is 5.32 Å². The Hall–Kier alpha value is -1.75. The molecule has 0 aliphatic carbocycles. The molecule has 6 heteroatoms. The normalized spacial score (nSPS) is 17.4. The predicted octanol–water partition coefficient (Wildman–Crippen LogP) is 5.21. The number of hydrogen-bond acceptors (Lipinski definition) is 2. The number of anilines is 1. The maximum atomic E-state index is 12.4. The van der Waals surface area contributed by atoms with Gasteiger partial charge in [0.25, 0.3) is 0 Å². The number of amides is 2. The quantitative estimate of drug-likeness (QED) is 0.793. The van der Waals surface area contributed by atoms with E-state index in [-0.39, 0.29) is 12.1 Å². The molecule has 2 aromatic rings. The molecule has 0 spiro atoms. The topological polar surface area (TPSA) is 41.6 Å². The summed E-state index contributed by atoms with van der Waals surface area (Å²) in [6, 6.07) is 14.6. The van der Waals surface area contributed by atoms with Crippen molar-refractivity contribution in [3.63, 3.8) is 0 Å². The molecule has 1 atom stereocenters. The van der Waals surface area contributed by atoms with Gasteiger partial charge in [0.05, 0.1) is 12.7 Å². The van der Waals surface area contributed by atoms with Gasteiger partial charge in [-0.25, -0.2) is 4.79 Å². The lowest BCUT2D eigenvalue weighted by atomic mass is 10.1. The van der Waals surface area contributed by atoms with Gasteiger partial charge < -0.3 is 15.0 Å². The molecule has 1 fully saturated rings. The molecule has 4 nitrogen and oxygen atoms in total. The maximum absolute atomic E-state index is 12.4. The van der Waals surface area contributed by atoms with Crippen LogP contribution in [0.25, 0.3) is 0 Å². The molecular weight excluding hydrogens is 359 g/mol. The summed E-state index contributed by atoms with van der Waals surface area (Å²) in [7, 11) is 0. The monoisotopic (exact) mass is 378 g/mol. The van der Waals surface area contributed by atoms with E-state index in [1.807, 2.05) is 36.4 Å². The lowest BCUT2D eigenvalue weighted by Crippen LogP contribution is -2.45. The molecule has 1 heterocycles. The number of carbonyl (C=O) groups is 1. The van der Waals surface area contributed by atoms with Gasteiger partial charge in [0.1, 0.15) is 0 Å². The van der Waals surface area contributed by atoms with Crippen molar-refractivity contribution < 1.29 is 9.53 Å². The Balaban J connectivity index is 1.53. The van der Waals surface area contributed by atoms with Crippen molar-refractivity contribution in [3.05, 3.63) is 64.1 Å². The Morgan fingerprint density at radius 3 is 2.84 bits per heavy atom. The van der Waals surface area contributed by atoms with Gasteiger partial charge in [-0.2, -0.15) is 0 Å². The van der Waals surface area contributed by atoms with E-state index in [4.69, 9.17) is 27.9 Å². The van der Waals surface area contributed by atoms with Crippen molar-refractivity contribution in [2.45, 2.75) is 25.6 Å². The van der Waals surface area contributed by atoms with Crippen molar-refractivity contribution in [2.75, 3.05) is 18.4 Å². The summed E-state index contributed by atoms with van der Waals surface area (Å²) in [5.74, 6) is 0. The maximum Gasteiger partial charge on any atom is 0.321 e. The molecule has 25 heavy (non-hydrogen) atoms. The number of nitrogens with zero attached hydrogens (tertiary/aromatic N) is 1. The second-order valence-electron chi connectivity index (χ2n) is 6.05. The molecule has 0 saturated carbocycles. The first-order valence-electron chi connectivity index (χ1n) is 8.28. The van der Waals surface area contributed by atoms with Crippen LogP contribution in [0.5, 0.6) is 0 Å². The average molecular weight is 379 g/mol. The van der Waals surface area contributed by atoms with Gasteiger partial charge in [0, 0.05) is 28.8 Å². The smallest absolute Gasteiger partial charge is 0.321 e. The third-order valence-corrected chi connectivity index (χ3v) is 4.78. The Morgan fingerprint density at radius 1 is 1.20 bits per heavy atom. The van der Waals surface area contributed by atoms with Crippen LogP contribution < -0.4 is 5.32 Å². The zero-order valence-corrected chi connectivity index (χ0v) is 15.3. The van der Waals surface area contributed by atoms with Gasteiger partial charge in [-0.1, -0.05) is 47.5 Å². The first-order chi connectivity index (χ1) is 12.1. The summed E-state index contributed by atoms with van der Waals surface area (Å²) in [5.41, 5.74) is 1.65. The highest BCUT2D eigenvalue weighted by atomic mass is 35.5. The number of halogens is 2. The van der Waals surface area contributed by atoms with Crippen LogP contribution in [0.4, 0.5) is 10.5 Å². The van der Waals surface area contributed by atoms with E-state index in [0.717, 1.165) is 24.9 Å². The number of carbonyl (C=O) groups excluding carboxylic acids is 1. The summed E-state index contributed by atoms with van der Waals surface area (Å²) in [6.07, 6.45) is 1.86. The summed E-state index contributed by atoms with van der Waals surface area (Å²) in [6.45, 7) is 1.74. The van der Waals surface area contributed by atoms with Crippen LogP contribution in [-0.2, 0) is 11.3 Å². The van der Waals surface area contributed by atoms with Crippen molar-refractivity contribution in [1.29, 1.82) is 0 Å². The van der Waals surface area contributed by atoms with Crippen molar-refractivity contribution in [2.24, 2.45) is 0 Å². The number of piperidine rings is 1. The Bertz CT molecular complexity index is 739. The molecular formula is C19H20Cl2N2O2. The van der Waals surface area contributed by atoms with E-state index >= 15 is 0 Å². The first kappa shape index (κ1) is 18.1. The third kappa shape index (κ3) is 5.11. The van der Waals surface area contributed by atoms with Crippen LogP contribution in [0.15, 0.2) is 48.5 Å². The number of ether oxygens (including phenoxy) is 1. The largest absolute Gasteiger partial charge is 0.372 e. The molecule has 0 aromatic heterocycles. The molecule has 0 bridgehead atoms. The van der Waals surface area contributed by atoms with Crippen molar-refractivity contribution in [3.8, 4) is 0 Å². The van der Waals surface area contributed by atoms with Crippen LogP contribution in [-0.4, -0.2) is 30.1 Å². The lowest BCUT2D eigenvalue weighted by molar-refractivity contribution is 0.00105. The molecule has 1 N–H and O–H groups in total. The number of nitrogens with one attached hydrogen (secondary N) is 1. The van der Waals surface area contributed by atoms with Crippen LogP contribution in [0.3, 0.4) is 0 Å². The molecule has 1 saturated heterocycles. The minimum absolute atomic E-state index is 0.00938. The van der Waals surface area contributed by atoms with E-state index < -0.39 is 0 Å². The molecule has 2 aromatic carbocycles. The van der Waals surface area contributed by atoms with E-state index in [0.29, 0.717) is 28.9 Å². The minimum Gasteiger partial charge on any atom is -0.372 e. The zero-order valence-electron chi connectivity index (χ0n) is 13.8. The number of urea groups is 1. The highest BCUT2D eigenvalue weighted by molar-refractivity contribution is 6.31. The fraction of sp³-hybridized carbons (Fsp3) is 0.316. The van der Waals surface area contributed by atoms with Gasteiger partial charge in [0.15, 0.2) is 0 Å². The molecule has 0 radical (unpaired) electrons. The molecule has 3 rings (SSSR count). The Labute approximate surface area is 157 Å². The summed E-state index contributed by atoms with van der Waals surface area (Å²) < 4.78 is 5.97. The van der Waals surface area contributed by atoms with Crippen molar-refractivity contribution >= 4 is 34.9 Å². The fourth-order valence-corrected chi connectivity index (χ4v) is 3.23. The lowest BCUT2D eigenvalue weighted by Gasteiger charge is -2.32. The molecule has 2 amide bonds. The van der Waals surface area contributed by atoms with Gasteiger partial charge in [-0.15, -0.1) is 0 Å². The van der Waals surface area contributed by atoms with Gasteiger partial charge >= 0.3 is 6.03 Å². The number of likely N-dealkylation sites (tertiary alicyclic amines) is 1. The van der Waals surface area contributed by atoms with Gasteiger partial charge in [-0.3, -0.25) is 0 Å². The number of rotatable bonds is 4. The highest BCUT2D eigenvalue weighted by Gasteiger charge is 2.24. The zero-order chi connectivity index (χ0) is 17.6. The Kier molecular flexibility index (Phi) is 6.19. The van der Waals surface area contributed by atoms with Gasteiger partial charge in [-0.05, 0) is 42.7 Å². The van der Waals surface area contributed by atoms with Crippen LogP contribution in [0.1, 0.15) is 18.4 Å². The van der Waals surface area contributed by atoms with Crippen LogP contribution >= 0.6 is 23.2 Å². The molecule has 1 aliphatic heterocycles. The predicted molar refractivity (Wildman–Crippen MR) is 101 cm³/mol. The molecule has 1 unspecified atom stereocenters. The second-order valence-corrected chi connectivity index (χ2v) is 6.90. The molecule has 132 valence electrons. The van der Waals surface area contributed by atoms with E-state index in [1.165, 1.54) is 0 Å². The van der Waals surface area contributed by atoms with E-state index in [1.54, 1.807) is 17.0 Å². The summed E-state index contributed by atoms with van der Waals surface area (Å²) in [4.78, 5) is 14.2. The summed E-state index contributed by atoms with van der Waals surface area (Å²) >= 11 is 12.1. The fourth-order valence-electron chi connectivity index (χ4n) is 2.85. The average Bonchev–Trinajstić information content (AvgIpc) is 2.61. The second kappa shape index (κ2) is 8.56. The van der Waals surface area contributed by atoms with Gasteiger partial charge in [0.2, 0.25) is 0 Å². The number of hydrogen-bond donors (Lipinski definition) is 1.